The summed E-state index contributed by atoms with van der Waals surface area (Å²) < 4.78 is 5.28. The van der Waals surface area contributed by atoms with Crippen molar-refractivity contribution in [3.05, 3.63) is 11.7 Å². The highest BCUT2D eigenvalue weighted by Crippen LogP contribution is 2.19. The van der Waals surface area contributed by atoms with Gasteiger partial charge in [-0.2, -0.15) is 16.7 Å². The van der Waals surface area contributed by atoms with Gasteiger partial charge >= 0.3 is 0 Å². The molecule has 0 radical (unpaired) electrons. The first-order valence-corrected chi connectivity index (χ1v) is 6.85. The molecule has 90 valence electrons. The fraction of sp³-hybridized carbons (Fsp3) is 0.818. The maximum absolute atomic E-state index is 5.28. The number of rotatable bonds is 2. The van der Waals surface area contributed by atoms with Crippen molar-refractivity contribution in [1.82, 2.24) is 15.5 Å². The predicted molar refractivity (Wildman–Crippen MR) is 65.8 cm³/mol. The lowest BCUT2D eigenvalue weighted by atomic mass is 9.96. The number of hydrogen-bond acceptors (Lipinski definition) is 5. The molecular formula is C11H19N3OS. The van der Waals surface area contributed by atoms with Gasteiger partial charge in [0.1, 0.15) is 0 Å². The Balaban J connectivity index is 1.97. The third-order valence-electron chi connectivity index (χ3n) is 2.56. The number of thioether (sulfide) groups is 1. The smallest absolute Gasteiger partial charge is 0.228 e. The summed E-state index contributed by atoms with van der Waals surface area (Å²) in [4.78, 5) is 4.45. The van der Waals surface area contributed by atoms with E-state index in [1.807, 2.05) is 11.8 Å². The molecule has 4 nitrogen and oxygen atoms in total. The molecule has 5 heteroatoms. The van der Waals surface area contributed by atoms with Gasteiger partial charge in [0.25, 0.3) is 0 Å². The van der Waals surface area contributed by atoms with Crippen LogP contribution in [0.1, 0.15) is 32.5 Å². The zero-order chi connectivity index (χ0) is 11.6. The molecule has 1 aromatic heterocycles. The van der Waals surface area contributed by atoms with E-state index in [4.69, 9.17) is 4.52 Å². The predicted octanol–water partition coefficient (Wildman–Crippen LogP) is 1.61. The monoisotopic (exact) mass is 241 g/mol. The lowest BCUT2D eigenvalue weighted by molar-refractivity contribution is 0.351. The van der Waals surface area contributed by atoms with E-state index in [0.29, 0.717) is 6.04 Å². The molecule has 0 bridgehead atoms. The van der Waals surface area contributed by atoms with Crippen LogP contribution < -0.4 is 5.32 Å². The molecule has 2 heterocycles. The molecule has 0 aromatic carbocycles. The minimum atomic E-state index is -0.0313. The van der Waals surface area contributed by atoms with Crippen LogP contribution in [-0.2, 0) is 11.8 Å². The molecule has 1 saturated heterocycles. The molecule has 0 amide bonds. The zero-order valence-corrected chi connectivity index (χ0v) is 10.9. The first-order valence-electron chi connectivity index (χ1n) is 5.70. The minimum Gasteiger partial charge on any atom is -0.339 e. The van der Waals surface area contributed by atoms with E-state index in [1.54, 1.807) is 0 Å². The minimum absolute atomic E-state index is 0.0313. The number of nitrogens with one attached hydrogen (secondary N) is 1. The van der Waals surface area contributed by atoms with Gasteiger partial charge in [-0.05, 0) is 0 Å². The largest absolute Gasteiger partial charge is 0.339 e. The lowest BCUT2D eigenvalue weighted by Crippen LogP contribution is -2.38. The SMILES string of the molecule is CC(C)(C)c1noc(CC2CSCCN2)n1. The Bertz CT molecular complexity index is 339. The van der Waals surface area contributed by atoms with Crippen LogP contribution in [0.4, 0.5) is 0 Å². The van der Waals surface area contributed by atoms with Crippen molar-refractivity contribution in [2.24, 2.45) is 0 Å². The van der Waals surface area contributed by atoms with Crippen molar-refractivity contribution in [3.8, 4) is 0 Å². The van der Waals surface area contributed by atoms with E-state index in [9.17, 15) is 0 Å². The fourth-order valence-corrected chi connectivity index (χ4v) is 2.55. The van der Waals surface area contributed by atoms with Crippen molar-refractivity contribution >= 4 is 11.8 Å². The van der Waals surface area contributed by atoms with Crippen LogP contribution in [0.3, 0.4) is 0 Å². The van der Waals surface area contributed by atoms with Gasteiger partial charge in [0.15, 0.2) is 5.82 Å². The van der Waals surface area contributed by atoms with E-state index in [-0.39, 0.29) is 5.41 Å². The average Bonchev–Trinajstić information content (AvgIpc) is 2.67. The highest BCUT2D eigenvalue weighted by molar-refractivity contribution is 7.99. The van der Waals surface area contributed by atoms with E-state index < -0.39 is 0 Å². The first-order chi connectivity index (χ1) is 7.55. The van der Waals surface area contributed by atoms with Crippen molar-refractivity contribution in [3.63, 3.8) is 0 Å². The van der Waals surface area contributed by atoms with Crippen LogP contribution >= 0.6 is 11.8 Å². The molecule has 0 spiro atoms. The van der Waals surface area contributed by atoms with Crippen LogP contribution in [0.5, 0.6) is 0 Å². The molecule has 0 aliphatic carbocycles. The summed E-state index contributed by atoms with van der Waals surface area (Å²) in [7, 11) is 0. The van der Waals surface area contributed by atoms with Crippen LogP contribution in [0, 0.1) is 0 Å². The van der Waals surface area contributed by atoms with Crippen LogP contribution in [0.25, 0.3) is 0 Å². The van der Waals surface area contributed by atoms with Gasteiger partial charge in [0.05, 0.1) is 0 Å². The third-order valence-corrected chi connectivity index (χ3v) is 3.69. The van der Waals surface area contributed by atoms with E-state index >= 15 is 0 Å². The van der Waals surface area contributed by atoms with Crippen LogP contribution in [0.2, 0.25) is 0 Å². The molecular weight excluding hydrogens is 222 g/mol. The molecule has 1 aromatic rings. The summed E-state index contributed by atoms with van der Waals surface area (Å²) in [5.74, 6) is 3.89. The topological polar surface area (TPSA) is 51.0 Å². The van der Waals surface area contributed by atoms with Gasteiger partial charge in [-0.1, -0.05) is 25.9 Å². The quantitative estimate of drug-likeness (QED) is 0.852. The number of hydrogen-bond donors (Lipinski definition) is 1. The summed E-state index contributed by atoms with van der Waals surface area (Å²) in [6.45, 7) is 7.36. The standard InChI is InChI=1S/C11H19N3OS/c1-11(2,3)10-13-9(15-14-10)6-8-7-16-5-4-12-8/h8,12H,4-7H2,1-3H3. The molecule has 1 atom stereocenters. The van der Waals surface area contributed by atoms with Gasteiger partial charge in [0.2, 0.25) is 5.89 Å². The summed E-state index contributed by atoms with van der Waals surface area (Å²) in [6.07, 6.45) is 0.843. The lowest BCUT2D eigenvalue weighted by Gasteiger charge is -2.21. The molecule has 1 aliphatic heterocycles. The maximum atomic E-state index is 5.28. The second-order valence-corrected chi connectivity index (χ2v) is 6.34. The average molecular weight is 241 g/mol. The van der Waals surface area contributed by atoms with Gasteiger partial charge in [-0.3, -0.25) is 0 Å². The van der Waals surface area contributed by atoms with Gasteiger partial charge < -0.3 is 9.84 Å². The number of aromatic nitrogens is 2. The van der Waals surface area contributed by atoms with Crippen molar-refractivity contribution < 1.29 is 4.52 Å². The Labute approximate surface area is 101 Å². The Hall–Kier alpha value is -0.550. The van der Waals surface area contributed by atoms with Crippen LogP contribution in [-0.4, -0.2) is 34.2 Å². The normalized spacial score (nSPS) is 22.3. The molecule has 1 aliphatic rings. The molecule has 2 rings (SSSR count). The third kappa shape index (κ3) is 2.98. The molecule has 0 saturated carbocycles. The zero-order valence-electron chi connectivity index (χ0n) is 10.1. The molecule has 16 heavy (non-hydrogen) atoms. The maximum Gasteiger partial charge on any atom is 0.228 e. The van der Waals surface area contributed by atoms with Crippen LogP contribution in [0.15, 0.2) is 4.52 Å². The molecule has 1 unspecified atom stereocenters. The van der Waals surface area contributed by atoms with Gasteiger partial charge in [0, 0.05) is 35.9 Å². The van der Waals surface area contributed by atoms with E-state index in [0.717, 1.165) is 30.4 Å². The second-order valence-electron chi connectivity index (χ2n) is 5.19. The summed E-state index contributed by atoms with van der Waals surface area (Å²) >= 11 is 1.98. The Kier molecular flexibility index (Phi) is 3.54. The van der Waals surface area contributed by atoms with Crippen molar-refractivity contribution in [2.75, 3.05) is 18.1 Å². The fourth-order valence-electron chi connectivity index (χ4n) is 1.60. The Morgan fingerprint density at radius 2 is 2.31 bits per heavy atom. The summed E-state index contributed by atoms with van der Waals surface area (Å²) in [6, 6.07) is 0.479. The highest BCUT2D eigenvalue weighted by Gasteiger charge is 2.22. The van der Waals surface area contributed by atoms with Gasteiger partial charge in [-0.15, -0.1) is 0 Å². The highest BCUT2D eigenvalue weighted by atomic mass is 32.2. The Morgan fingerprint density at radius 3 is 2.88 bits per heavy atom. The first kappa shape index (κ1) is 11.9. The summed E-state index contributed by atoms with van der Waals surface area (Å²) in [5.41, 5.74) is -0.0313. The molecule has 1 N–H and O–H groups in total. The van der Waals surface area contributed by atoms with Gasteiger partial charge in [-0.25, -0.2) is 0 Å². The Morgan fingerprint density at radius 1 is 1.50 bits per heavy atom. The molecule has 1 fully saturated rings. The van der Waals surface area contributed by atoms with Crippen molar-refractivity contribution in [2.45, 2.75) is 38.6 Å². The van der Waals surface area contributed by atoms with E-state index in [2.05, 4.69) is 36.2 Å². The van der Waals surface area contributed by atoms with E-state index in [1.165, 1.54) is 5.75 Å². The summed E-state index contributed by atoms with van der Waals surface area (Å²) in [5, 5.41) is 7.50. The number of nitrogens with zero attached hydrogens (tertiary/aromatic N) is 2. The van der Waals surface area contributed by atoms with Crippen molar-refractivity contribution in [1.29, 1.82) is 0 Å². The second kappa shape index (κ2) is 4.75.